The van der Waals surface area contributed by atoms with Crippen molar-refractivity contribution in [1.82, 2.24) is 8.96 Å². The molecule has 0 saturated carbocycles. The first kappa shape index (κ1) is 17.2. The molecule has 0 aliphatic heterocycles. The fourth-order valence-electron chi connectivity index (χ4n) is 2.68. The summed E-state index contributed by atoms with van der Waals surface area (Å²) in [4.78, 5) is 4.85. The van der Waals surface area contributed by atoms with E-state index in [0.29, 0.717) is 23.3 Å². The Morgan fingerprint density at radius 1 is 1.04 bits per heavy atom. The van der Waals surface area contributed by atoms with Gasteiger partial charge in [-0.25, -0.2) is 17.4 Å². The maximum Gasteiger partial charge on any atom is 0.269 e. The van der Waals surface area contributed by atoms with Gasteiger partial charge >= 0.3 is 0 Å². The van der Waals surface area contributed by atoms with Crippen molar-refractivity contribution in [3.05, 3.63) is 59.4 Å². The van der Waals surface area contributed by atoms with Crippen molar-refractivity contribution in [2.45, 2.75) is 31.6 Å². The highest BCUT2D eigenvalue weighted by molar-refractivity contribution is 9.09. The van der Waals surface area contributed by atoms with E-state index in [1.807, 2.05) is 44.2 Å². The molecule has 3 rings (SSSR count). The zero-order valence-corrected chi connectivity index (χ0v) is 16.1. The molecule has 0 unspecified atom stereocenters. The Kier molecular flexibility index (Phi) is 4.78. The van der Waals surface area contributed by atoms with E-state index in [1.54, 1.807) is 12.1 Å². The second-order valence-electron chi connectivity index (χ2n) is 5.90. The Balaban J connectivity index is 2.25. The van der Waals surface area contributed by atoms with Crippen LogP contribution in [0.5, 0.6) is 0 Å². The summed E-state index contributed by atoms with van der Waals surface area (Å²) in [6.45, 7) is 3.89. The largest absolute Gasteiger partial charge is 0.269 e. The molecule has 0 aliphatic carbocycles. The predicted molar refractivity (Wildman–Crippen MR) is 100 cm³/mol. The third-order valence-corrected chi connectivity index (χ3v) is 6.24. The van der Waals surface area contributed by atoms with Crippen molar-refractivity contribution in [3.63, 3.8) is 0 Å². The number of hydrogen-bond acceptors (Lipinski definition) is 3. The molecule has 126 valence electrons. The van der Waals surface area contributed by atoms with Crippen LogP contribution in [0.1, 0.15) is 23.4 Å². The zero-order chi connectivity index (χ0) is 17.3. The zero-order valence-electron chi connectivity index (χ0n) is 13.7. The minimum Gasteiger partial charge on any atom is -0.232 e. The Morgan fingerprint density at radius 2 is 1.71 bits per heavy atom. The number of hydrogen-bond donors (Lipinski definition) is 0. The summed E-state index contributed by atoms with van der Waals surface area (Å²) in [6.07, 6.45) is 1.43. The highest BCUT2D eigenvalue weighted by Crippen LogP contribution is 2.25. The van der Waals surface area contributed by atoms with Gasteiger partial charge in [0.05, 0.1) is 15.9 Å². The molecule has 3 aromatic rings. The summed E-state index contributed by atoms with van der Waals surface area (Å²) in [5.74, 6) is 0.579. The summed E-state index contributed by atoms with van der Waals surface area (Å²) in [5.41, 5.74) is 3.38. The lowest BCUT2D eigenvalue weighted by Gasteiger charge is -2.11. The van der Waals surface area contributed by atoms with E-state index in [-0.39, 0.29) is 4.90 Å². The van der Waals surface area contributed by atoms with Gasteiger partial charge in [0.25, 0.3) is 10.0 Å². The lowest BCUT2D eigenvalue weighted by molar-refractivity contribution is 0.585. The minimum atomic E-state index is -3.68. The van der Waals surface area contributed by atoms with E-state index in [2.05, 4.69) is 20.9 Å². The molecule has 0 spiro atoms. The number of benzene rings is 2. The van der Waals surface area contributed by atoms with Crippen LogP contribution in [0.3, 0.4) is 0 Å². The molecule has 4 nitrogen and oxygen atoms in total. The van der Waals surface area contributed by atoms with E-state index in [1.165, 1.54) is 3.97 Å². The molecular formula is C18H19BrN2O2S. The first-order valence-electron chi connectivity index (χ1n) is 7.79. The van der Waals surface area contributed by atoms with Gasteiger partial charge in [0.2, 0.25) is 0 Å². The molecule has 0 fully saturated rings. The molecule has 2 aromatic carbocycles. The van der Waals surface area contributed by atoms with Crippen LogP contribution in [0, 0.1) is 13.8 Å². The van der Waals surface area contributed by atoms with Gasteiger partial charge in [-0.2, -0.15) is 0 Å². The summed E-state index contributed by atoms with van der Waals surface area (Å²) >= 11 is 3.40. The van der Waals surface area contributed by atoms with Crippen LogP contribution in [0.15, 0.2) is 47.4 Å². The molecule has 0 bridgehead atoms. The maximum atomic E-state index is 13.2. The Hall–Kier alpha value is -1.66. The molecule has 0 aliphatic rings. The predicted octanol–water partition coefficient (Wildman–Crippen LogP) is 4.22. The highest BCUT2D eigenvalue weighted by atomic mass is 79.9. The molecule has 1 heterocycles. The van der Waals surface area contributed by atoms with Crippen molar-refractivity contribution >= 4 is 37.0 Å². The van der Waals surface area contributed by atoms with Crippen molar-refractivity contribution in [1.29, 1.82) is 0 Å². The van der Waals surface area contributed by atoms with Gasteiger partial charge in [-0.3, -0.25) is 0 Å². The third-order valence-electron chi connectivity index (χ3n) is 3.93. The van der Waals surface area contributed by atoms with Crippen LogP contribution in [0.2, 0.25) is 0 Å². The van der Waals surface area contributed by atoms with E-state index >= 15 is 0 Å². The fraction of sp³-hybridized carbons (Fsp3) is 0.278. The molecule has 0 N–H and O–H groups in total. The first-order valence-corrected chi connectivity index (χ1v) is 10.4. The number of alkyl halides is 1. The SMILES string of the molecule is Cc1ccc(S(=O)(=O)n2c(CCCBr)nc3ccc(C)cc32)cc1. The topological polar surface area (TPSA) is 52.0 Å². The number of rotatable bonds is 5. The smallest absolute Gasteiger partial charge is 0.232 e. The van der Waals surface area contributed by atoms with Gasteiger partial charge in [0, 0.05) is 11.8 Å². The van der Waals surface area contributed by atoms with Crippen molar-refractivity contribution < 1.29 is 8.42 Å². The number of halogens is 1. The quantitative estimate of drug-likeness (QED) is 0.596. The van der Waals surface area contributed by atoms with Crippen molar-refractivity contribution in [2.75, 3.05) is 5.33 Å². The average Bonchev–Trinajstić information content (AvgIpc) is 2.91. The molecule has 6 heteroatoms. The van der Waals surface area contributed by atoms with Crippen LogP contribution >= 0.6 is 15.9 Å². The van der Waals surface area contributed by atoms with E-state index in [0.717, 1.165) is 22.9 Å². The summed E-state index contributed by atoms with van der Waals surface area (Å²) in [6, 6.07) is 12.6. The van der Waals surface area contributed by atoms with Gasteiger partial charge in [0.15, 0.2) is 0 Å². The van der Waals surface area contributed by atoms with Gasteiger partial charge in [0.1, 0.15) is 5.82 Å². The second-order valence-corrected chi connectivity index (χ2v) is 8.47. The fourth-order valence-corrected chi connectivity index (χ4v) is 4.47. The first-order chi connectivity index (χ1) is 11.4. The number of imidazole rings is 1. The molecule has 0 atom stereocenters. The number of fused-ring (bicyclic) bond motifs is 1. The average molecular weight is 407 g/mol. The number of nitrogens with zero attached hydrogens (tertiary/aromatic N) is 2. The van der Waals surface area contributed by atoms with E-state index < -0.39 is 10.0 Å². The van der Waals surface area contributed by atoms with Gasteiger partial charge < -0.3 is 0 Å². The van der Waals surface area contributed by atoms with E-state index in [9.17, 15) is 8.42 Å². The normalized spacial score (nSPS) is 12.0. The lowest BCUT2D eigenvalue weighted by Crippen LogP contribution is -2.16. The van der Waals surface area contributed by atoms with E-state index in [4.69, 9.17) is 0 Å². The maximum absolute atomic E-state index is 13.2. The van der Waals surface area contributed by atoms with Crippen LogP contribution in [-0.4, -0.2) is 22.7 Å². The van der Waals surface area contributed by atoms with Gasteiger partial charge in [-0.05, 0) is 50.1 Å². The number of aromatic nitrogens is 2. The second kappa shape index (κ2) is 6.69. The Labute approximate surface area is 150 Å². The van der Waals surface area contributed by atoms with Crippen LogP contribution in [-0.2, 0) is 16.4 Å². The highest BCUT2D eigenvalue weighted by Gasteiger charge is 2.24. The Morgan fingerprint density at radius 3 is 2.38 bits per heavy atom. The summed E-state index contributed by atoms with van der Waals surface area (Å²) < 4.78 is 27.9. The van der Waals surface area contributed by atoms with Crippen LogP contribution < -0.4 is 0 Å². The standard InChI is InChI=1S/C18H19BrN2O2S/c1-13-5-8-15(9-6-13)24(22,23)21-17-12-14(2)7-10-16(17)20-18(21)4-3-11-19/h5-10,12H,3-4,11H2,1-2H3. The van der Waals surface area contributed by atoms with Gasteiger partial charge in [-0.1, -0.05) is 39.7 Å². The van der Waals surface area contributed by atoms with Crippen LogP contribution in [0.25, 0.3) is 11.0 Å². The number of aryl methyl sites for hydroxylation is 3. The monoisotopic (exact) mass is 406 g/mol. The molecule has 0 amide bonds. The third kappa shape index (κ3) is 3.13. The van der Waals surface area contributed by atoms with Crippen molar-refractivity contribution in [3.8, 4) is 0 Å². The summed E-state index contributed by atoms with van der Waals surface area (Å²) in [7, 11) is -3.68. The molecule has 24 heavy (non-hydrogen) atoms. The summed E-state index contributed by atoms with van der Waals surface area (Å²) in [5, 5.41) is 0.805. The van der Waals surface area contributed by atoms with Crippen LogP contribution in [0.4, 0.5) is 0 Å². The molecule has 0 radical (unpaired) electrons. The van der Waals surface area contributed by atoms with Gasteiger partial charge in [-0.15, -0.1) is 0 Å². The molecule has 1 aromatic heterocycles. The lowest BCUT2D eigenvalue weighted by atomic mass is 10.2. The Bertz CT molecular complexity index is 976. The minimum absolute atomic E-state index is 0.286. The van der Waals surface area contributed by atoms with Crippen molar-refractivity contribution in [2.24, 2.45) is 0 Å². The molecule has 0 saturated heterocycles. The molecular weight excluding hydrogens is 388 g/mol.